The monoisotopic (exact) mass is 491 g/mol. The summed E-state index contributed by atoms with van der Waals surface area (Å²) in [5, 5.41) is 3.45. The van der Waals surface area contributed by atoms with Crippen LogP contribution in [0.4, 0.5) is 19.0 Å². The van der Waals surface area contributed by atoms with Crippen LogP contribution in [0, 0.1) is 0 Å². The van der Waals surface area contributed by atoms with Gasteiger partial charge in [-0.25, -0.2) is 9.97 Å². The molecule has 1 N–H and O–H groups in total. The molecule has 0 saturated carbocycles. The molecule has 8 nitrogen and oxygen atoms in total. The molecule has 0 radical (unpaired) electrons. The number of aromatic nitrogens is 3. The summed E-state index contributed by atoms with van der Waals surface area (Å²) in [7, 11) is 1.59. The maximum absolute atomic E-state index is 13.2. The molecule has 4 rings (SSSR count). The lowest BCUT2D eigenvalue weighted by Gasteiger charge is -2.18. The topological polar surface area (TPSA) is 81.5 Å². The molecule has 2 aromatic heterocycles. The summed E-state index contributed by atoms with van der Waals surface area (Å²) in [5.74, 6) is -0.141. The molecule has 1 aliphatic heterocycles. The second kappa shape index (κ2) is 10.1. The fourth-order valence-electron chi connectivity index (χ4n) is 4.03. The molecule has 1 aromatic carbocycles. The van der Waals surface area contributed by atoms with Gasteiger partial charge in [0.15, 0.2) is 11.5 Å². The van der Waals surface area contributed by atoms with Gasteiger partial charge in [0, 0.05) is 25.2 Å². The van der Waals surface area contributed by atoms with Crippen molar-refractivity contribution in [1.82, 2.24) is 19.4 Å². The van der Waals surface area contributed by atoms with E-state index in [1.165, 1.54) is 23.0 Å². The molecule has 188 valence electrons. The van der Waals surface area contributed by atoms with Gasteiger partial charge < -0.3 is 19.4 Å². The number of likely N-dealkylation sites (tertiary alicyclic amines) is 1. The van der Waals surface area contributed by atoms with Gasteiger partial charge in [-0.1, -0.05) is 0 Å². The highest BCUT2D eigenvalue weighted by Crippen LogP contribution is 2.37. The number of hydrogen-bond acceptors (Lipinski definition) is 7. The third kappa shape index (κ3) is 6.02. The molecule has 0 unspecified atom stereocenters. The lowest BCUT2D eigenvalue weighted by Crippen LogP contribution is -2.25. The number of alkyl halides is 3. The van der Waals surface area contributed by atoms with Gasteiger partial charge in [0.2, 0.25) is 0 Å². The first kappa shape index (κ1) is 24.8. The average molecular weight is 492 g/mol. The van der Waals surface area contributed by atoms with Crippen LogP contribution in [0.1, 0.15) is 26.7 Å². The van der Waals surface area contributed by atoms with Crippen molar-refractivity contribution in [3.63, 3.8) is 0 Å². The molecule has 35 heavy (non-hydrogen) atoms. The number of pyridine rings is 1. The van der Waals surface area contributed by atoms with Crippen molar-refractivity contribution in [3.8, 4) is 22.8 Å². The second-order valence-corrected chi connectivity index (χ2v) is 8.82. The first-order valence-electron chi connectivity index (χ1n) is 11.5. The number of anilines is 1. The van der Waals surface area contributed by atoms with Gasteiger partial charge in [0.1, 0.15) is 17.8 Å². The van der Waals surface area contributed by atoms with Crippen LogP contribution < -0.4 is 20.3 Å². The summed E-state index contributed by atoms with van der Waals surface area (Å²) in [4.78, 5) is 23.8. The highest BCUT2D eigenvalue weighted by molar-refractivity contribution is 5.91. The summed E-state index contributed by atoms with van der Waals surface area (Å²) in [5.41, 5.74) is 0.815. The Balaban J connectivity index is 1.71. The number of hydrogen-bond donors (Lipinski definition) is 1. The first-order valence-corrected chi connectivity index (χ1v) is 11.5. The first-order chi connectivity index (χ1) is 16.6. The van der Waals surface area contributed by atoms with Crippen molar-refractivity contribution >= 4 is 16.7 Å². The standard InChI is InChI=1S/C24H28F3N5O3/c1-15(2)29-22-21-18(28-14-31(3)23(21)33)13-17(30-22)16-6-7-19(20(12-16)35-24(25,26)27)34-11-10-32-8-4-5-9-32/h6-7,12-15H,4-5,8-11H2,1-3H3,(H,29,30). The molecule has 3 aromatic rings. The predicted octanol–water partition coefficient (Wildman–Crippen LogP) is 4.19. The van der Waals surface area contributed by atoms with E-state index in [1.807, 2.05) is 13.8 Å². The van der Waals surface area contributed by atoms with E-state index in [0.29, 0.717) is 34.5 Å². The lowest BCUT2D eigenvalue weighted by atomic mass is 10.1. The van der Waals surface area contributed by atoms with Crippen LogP contribution in [-0.4, -0.2) is 58.1 Å². The Morgan fingerprint density at radius 1 is 1.14 bits per heavy atom. The molecule has 3 heterocycles. The predicted molar refractivity (Wildman–Crippen MR) is 127 cm³/mol. The quantitative estimate of drug-likeness (QED) is 0.506. The van der Waals surface area contributed by atoms with Gasteiger partial charge in [-0.15, -0.1) is 13.2 Å². The van der Waals surface area contributed by atoms with Gasteiger partial charge in [-0.05, 0) is 64.0 Å². The Kier molecular flexibility index (Phi) is 7.15. The third-order valence-corrected chi connectivity index (χ3v) is 5.66. The number of nitrogens with zero attached hydrogens (tertiary/aromatic N) is 4. The summed E-state index contributed by atoms with van der Waals surface area (Å²) in [6, 6.07) is 5.83. The van der Waals surface area contributed by atoms with E-state index in [-0.39, 0.29) is 24.0 Å². The van der Waals surface area contributed by atoms with E-state index in [4.69, 9.17) is 4.74 Å². The van der Waals surface area contributed by atoms with Crippen LogP contribution in [0.5, 0.6) is 11.5 Å². The largest absolute Gasteiger partial charge is 0.573 e. The number of benzene rings is 1. The van der Waals surface area contributed by atoms with Gasteiger partial charge >= 0.3 is 6.36 Å². The summed E-state index contributed by atoms with van der Waals surface area (Å²) in [6.45, 7) is 6.59. The number of ether oxygens (including phenoxy) is 2. The summed E-state index contributed by atoms with van der Waals surface area (Å²) in [6.07, 6.45) is -1.27. The molecule has 11 heteroatoms. The number of fused-ring (bicyclic) bond motifs is 1. The number of aryl methyl sites for hydroxylation is 1. The van der Waals surface area contributed by atoms with Gasteiger partial charge in [-0.2, -0.15) is 0 Å². The highest BCUT2D eigenvalue weighted by atomic mass is 19.4. The van der Waals surface area contributed by atoms with E-state index < -0.39 is 12.1 Å². The Hall–Kier alpha value is -3.34. The molecule has 1 fully saturated rings. The third-order valence-electron chi connectivity index (χ3n) is 5.66. The van der Waals surface area contributed by atoms with Crippen LogP contribution in [0.25, 0.3) is 22.2 Å². The van der Waals surface area contributed by atoms with Gasteiger partial charge in [0.05, 0.1) is 17.5 Å². The van der Waals surface area contributed by atoms with Crippen molar-refractivity contribution in [2.45, 2.75) is 39.1 Å². The Labute approximate surface area is 200 Å². The molecule has 0 aliphatic carbocycles. The number of rotatable bonds is 8. The highest BCUT2D eigenvalue weighted by Gasteiger charge is 2.33. The van der Waals surface area contributed by atoms with E-state index in [1.54, 1.807) is 19.2 Å². The smallest absolute Gasteiger partial charge is 0.488 e. The Bertz CT molecular complexity index is 1250. The van der Waals surface area contributed by atoms with Crippen molar-refractivity contribution in [2.24, 2.45) is 7.05 Å². The SMILES string of the molecule is CC(C)Nc1nc(-c2ccc(OCCN3CCCC3)c(OC(F)(F)F)c2)cc2ncn(C)c(=O)c12. The zero-order valence-electron chi connectivity index (χ0n) is 19.9. The molecule has 0 spiro atoms. The molecule has 1 saturated heterocycles. The van der Waals surface area contributed by atoms with E-state index >= 15 is 0 Å². The minimum Gasteiger partial charge on any atom is -0.488 e. The molecule has 0 atom stereocenters. The van der Waals surface area contributed by atoms with E-state index in [9.17, 15) is 18.0 Å². The average Bonchev–Trinajstić information content (AvgIpc) is 3.29. The van der Waals surface area contributed by atoms with E-state index in [2.05, 4.69) is 24.9 Å². The molecular formula is C24H28F3N5O3. The second-order valence-electron chi connectivity index (χ2n) is 8.82. The maximum Gasteiger partial charge on any atom is 0.573 e. The number of halogens is 3. The molecular weight excluding hydrogens is 463 g/mol. The lowest BCUT2D eigenvalue weighted by molar-refractivity contribution is -0.275. The fraction of sp³-hybridized carbons (Fsp3) is 0.458. The van der Waals surface area contributed by atoms with Crippen molar-refractivity contribution in [3.05, 3.63) is 40.9 Å². The van der Waals surface area contributed by atoms with Crippen molar-refractivity contribution < 1.29 is 22.6 Å². The van der Waals surface area contributed by atoms with Crippen molar-refractivity contribution in [2.75, 3.05) is 31.6 Å². The summed E-state index contributed by atoms with van der Waals surface area (Å²) < 4.78 is 50.8. The van der Waals surface area contributed by atoms with Crippen LogP contribution in [0.3, 0.4) is 0 Å². The minimum atomic E-state index is -4.89. The molecule has 1 aliphatic rings. The Morgan fingerprint density at radius 3 is 2.57 bits per heavy atom. The Morgan fingerprint density at radius 2 is 1.89 bits per heavy atom. The zero-order valence-corrected chi connectivity index (χ0v) is 19.9. The van der Waals surface area contributed by atoms with Crippen LogP contribution in [0.2, 0.25) is 0 Å². The molecule has 0 bridgehead atoms. The van der Waals surface area contributed by atoms with Crippen LogP contribution in [0.15, 0.2) is 35.4 Å². The van der Waals surface area contributed by atoms with Crippen molar-refractivity contribution in [1.29, 1.82) is 0 Å². The van der Waals surface area contributed by atoms with Gasteiger partial charge in [0.25, 0.3) is 5.56 Å². The molecule has 0 amide bonds. The zero-order chi connectivity index (χ0) is 25.2. The summed E-state index contributed by atoms with van der Waals surface area (Å²) >= 11 is 0. The van der Waals surface area contributed by atoms with Gasteiger partial charge in [-0.3, -0.25) is 9.69 Å². The normalized spacial score (nSPS) is 14.6. The fourth-order valence-corrected chi connectivity index (χ4v) is 4.03. The maximum atomic E-state index is 13.2. The number of nitrogens with one attached hydrogen (secondary N) is 1. The van der Waals surface area contributed by atoms with Crippen LogP contribution >= 0.6 is 0 Å². The van der Waals surface area contributed by atoms with Crippen LogP contribution in [-0.2, 0) is 7.05 Å². The van der Waals surface area contributed by atoms with E-state index in [0.717, 1.165) is 25.9 Å². The minimum absolute atomic E-state index is 0.00131.